The molecule has 0 aliphatic carbocycles. The van der Waals surface area contributed by atoms with E-state index in [1.165, 1.54) is 24.9 Å². The summed E-state index contributed by atoms with van der Waals surface area (Å²) < 4.78 is 10.3. The van der Waals surface area contributed by atoms with Crippen LogP contribution >= 0.6 is 23.4 Å². The number of likely N-dealkylation sites (tertiary alicyclic amines) is 1. The number of piperidine rings is 1. The van der Waals surface area contributed by atoms with Crippen LogP contribution in [-0.2, 0) is 19.1 Å². The average Bonchev–Trinajstić information content (AvgIpc) is 3.00. The molecule has 43 heavy (non-hydrogen) atoms. The van der Waals surface area contributed by atoms with Gasteiger partial charge in [0.15, 0.2) is 0 Å². The molecule has 11 nitrogen and oxygen atoms in total. The van der Waals surface area contributed by atoms with E-state index >= 15 is 0 Å². The number of esters is 1. The van der Waals surface area contributed by atoms with E-state index in [-0.39, 0.29) is 24.3 Å². The Morgan fingerprint density at radius 1 is 1.26 bits per heavy atom. The molecule has 1 saturated heterocycles. The highest BCUT2D eigenvalue weighted by molar-refractivity contribution is 8.00. The minimum Gasteiger partial charge on any atom is -0.481 e. The zero-order valence-corrected chi connectivity index (χ0v) is 25.3. The van der Waals surface area contributed by atoms with Gasteiger partial charge >= 0.3 is 5.97 Å². The summed E-state index contributed by atoms with van der Waals surface area (Å²) in [5.41, 5.74) is 2.16. The van der Waals surface area contributed by atoms with E-state index in [2.05, 4.69) is 25.5 Å². The number of aliphatic hydroxyl groups is 1. The van der Waals surface area contributed by atoms with Gasteiger partial charge in [-0.25, -0.2) is 14.8 Å². The van der Waals surface area contributed by atoms with Crippen LogP contribution in [0.25, 0.3) is 17.0 Å². The Morgan fingerprint density at radius 3 is 2.79 bits per heavy atom. The van der Waals surface area contributed by atoms with Gasteiger partial charge in [0.1, 0.15) is 11.9 Å². The predicted molar refractivity (Wildman–Crippen MR) is 165 cm³/mol. The zero-order chi connectivity index (χ0) is 30.5. The summed E-state index contributed by atoms with van der Waals surface area (Å²) in [5.74, 6) is 0.189. The number of pyridine rings is 2. The van der Waals surface area contributed by atoms with E-state index in [1.54, 1.807) is 31.2 Å². The summed E-state index contributed by atoms with van der Waals surface area (Å²) >= 11 is 7.77. The van der Waals surface area contributed by atoms with Crippen molar-refractivity contribution in [3.05, 3.63) is 52.7 Å². The molecule has 0 bridgehead atoms. The van der Waals surface area contributed by atoms with Crippen LogP contribution in [0.1, 0.15) is 37.1 Å². The summed E-state index contributed by atoms with van der Waals surface area (Å²) in [7, 11) is 1.52. The highest BCUT2D eigenvalue weighted by Crippen LogP contribution is 2.36. The van der Waals surface area contributed by atoms with E-state index in [1.807, 2.05) is 12.1 Å². The lowest BCUT2D eigenvalue weighted by Crippen LogP contribution is -2.40. The molecule has 226 valence electrons. The molecule has 5 rings (SSSR count). The summed E-state index contributed by atoms with van der Waals surface area (Å²) in [6.07, 6.45) is 3.28. The highest BCUT2D eigenvalue weighted by atomic mass is 35.5. The van der Waals surface area contributed by atoms with E-state index in [9.17, 15) is 19.5 Å². The number of nitrogens with one attached hydrogen (secondary N) is 2. The molecule has 2 aromatic heterocycles. The fourth-order valence-electron chi connectivity index (χ4n) is 5.10. The van der Waals surface area contributed by atoms with Crippen LogP contribution < -0.4 is 15.4 Å². The third-order valence-electron chi connectivity index (χ3n) is 7.31. The Kier molecular flexibility index (Phi) is 9.81. The van der Waals surface area contributed by atoms with Gasteiger partial charge in [0.05, 0.1) is 46.3 Å². The molecule has 13 heteroatoms. The molecule has 1 fully saturated rings. The first-order valence-electron chi connectivity index (χ1n) is 13.9. The normalized spacial score (nSPS) is 16.5. The number of amides is 2. The monoisotopic (exact) mass is 625 g/mol. The molecule has 4 heterocycles. The van der Waals surface area contributed by atoms with Gasteiger partial charge in [0, 0.05) is 30.0 Å². The summed E-state index contributed by atoms with van der Waals surface area (Å²) in [6, 6.07) is 8.86. The first kappa shape index (κ1) is 30.7. The second kappa shape index (κ2) is 13.7. The molecule has 2 aliphatic rings. The molecule has 1 atom stereocenters. The van der Waals surface area contributed by atoms with Crippen molar-refractivity contribution in [2.75, 3.05) is 49.7 Å². The van der Waals surface area contributed by atoms with Crippen molar-refractivity contribution in [3.63, 3.8) is 0 Å². The Hall–Kier alpha value is -3.71. The summed E-state index contributed by atoms with van der Waals surface area (Å²) in [4.78, 5) is 48.7. The maximum atomic E-state index is 13.3. The van der Waals surface area contributed by atoms with E-state index in [0.29, 0.717) is 71.8 Å². The lowest BCUT2D eigenvalue weighted by atomic mass is 9.95. The molecule has 2 aliphatic heterocycles. The van der Waals surface area contributed by atoms with Crippen LogP contribution in [0.2, 0.25) is 5.02 Å². The van der Waals surface area contributed by atoms with Gasteiger partial charge in [0.25, 0.3) is 0 Å². The van der Waals surface area contributed by atoms with Crippen molar-refractivity contribution in [3.8, 4) is 5.88 Å². The fourth-order valence-corrected chi connectivity index (χ4v) is 6.24. The number of aromatic nitrogens is 2. The van der Waals surface area contributed by atoms with Gasteiger partial charge in [-0.15, -0.1) is 11.8 Å². The number of rotatable bonds is 9. The molecule has 0 spiro atoms. The minimum atomic E-state index is -0.948. The third-order valence-corrected chi connectivity index (χ3v) is 8.64. The number of anilines is 2. The Labute approximate surface area is 258 Å². The van der Waals surface area contributed by atoms with Crippen molar-refractivity contribution in [1.82, 2.24) is 14.9 Å². The lowest BCUT2D eigenvalue weighted by molar-refractivity contribution is -0.137. The van der Waals surface area contributed by atoms with Crippen LogP contribution in [0.3, 0.4) is 0 Å². The average molecular weight is 626 g/mol. The smallest absolute Gasteiger partial charge is 0.330 e. The van der Waals surface area contributed by atoms with E-state index < -0.39 is 12.1 Å². The predicted octanol–water partition coefficient (Wildman–Crippen LogP) is 4.30. The van der Waals surface area contributed by atoms with Crippen LogP contribution in [0.15, 0.2) is 41.3 Å². The number of nitrogens with zero attached hydrogens (tertiary/aromatic N) is 3. The number of halogens is 1. The van der Waals surface area contributed by atoms with Crippen molar-refractivity contribution in [2.24, 2.45) is 5.92 Å². The molecule has 0 saturated carbocycles. The summed E-state index contributed by atoms with van der Waals surface area (Å²) in [5, 5.41) is 17.8. The minimum absolute atomic E-state index is 0.117. The van der Waals surface area contributed by atoms with Gasteiger partial charge in [-0.3, -0.25) is 9.59 Å². The topological polar surface area (TPSA) is 143 Å². The Morgan fingerprint density at radius 2 is 2.05 bits per heavy atom. The second-order valence-corrected chi connectivity index (χ2v) is 11.6. The van der Waals surface area contributed by atoms with Gasteiger partial charge in [-0.1, -0.05) is 17.7 Å². The van der Waals surface area contributed by atoms with Crippen molar-refractivity contribution in [2.45, 2.75) is 30.8 Å². The first-order valence-corrected chi connectivity index (χ1v) is 15.3. The molecule has 2 amide bonds. The lowest BCUT2D eigenvalue weighted by Gasteiger charge is -2.32. The quantitative estimate of drug-likeness (QED) is 0.233. The first-order chi connectivity index (χ1) is 20.7. The molecule has 1 aromatic carbocycles. The zero-order valence-electron chi connectivity index (χ0n) is 23.8. The fraction of sp³-hybridized carbons (Fsp3) is 0.367. The number of ether oxygens (including phenoxy) is 2. The number of fused-ring (bicyclic) bond motifs is 2. The Bertz CT molecular complexity index is 1580. The van der Waals surface area contributed by atoms with Crippen LogP contribution in [0.5, 0.6) is 5.88 Å². The number of benzene rings is 1. The molecule has 0 radical (unpaired) electrons. The number of thioether (sulfide) groups is 1. The molecular formula is C30H32ClN5O6S. The number of β-amino-alcohol motifs (C(OH)–C–C–N with tert-alkyl or cyclic N) is 1. The maximum Gasteiger partial charge on any atom is 0.330 e. The highest BCUT2D eigenvalue weighted by Gasteiger charge is 2.29. The number of hydrogen-bond acceptors (Lipinski definition) is 10. The molecule has 3 aromatic rings. The van der Waals surface area contributed by atoms with Crippen LogP contribution in [0, 0.1) is 5.92 Å². The largest absolute Gasteiger partial charge is 0.481 e. The molecule has 3 N–H and O–H groups in total. The van der Waals surface area contributed by atoms with Crippen molar-refractivity contribution < 1.29 is 29.0 Å². The number of hydrogen-bond donors (Lipinski definition) is 3. The number of methoxy groups -OCH3 is 1. The summed E-state index contributed by atoms with van der Waals surface area (Å²) in [6.45, 7) is 3.54. The molecular weight excluding hydrogens is 594 g/mol. The van der Waals surface area contributed by atoms with Crippen molar-refractivity contribution in [1.29, 1.82) is 0 Å². The third kappa shape index (κ3) is 7.27. The maximum absolute atomic E-state index is 13.3. The van der Waals surface area contributed by atoms with Gasteiger partial charge in [0.2, 0.25) is 17.7 Å². The van der Waals surface area contributed by atoms with Crippen LogP contribution in [-0.4, -0.2) is 76.9 Å². The Balaban J connectivity index is 1.23. The van der Waals surface area contributed by atoms with Gasteiger partial charge in [-0.05, 0) is 62.7 Å². The second-order valence-electron chi connectivity index (χ2n) is 10.2. The molecule has 1 unspecified atom stereocenters. The standard InChI is InChI=1S/C30H32ClN5O6S/c1-3-42-26(39)9-5-17-4-7-21(27-19(17)6-8-25(34-27)41-2)32-30(40)18-10-12-36(13-11-18)15-22(37)28-20(31)14-23-29(35-28)33-24(38)16-43-23/h4-9,14,18,22,37H,3,10-13,15-16H2,1-2H3,(H,32,40)(H,33,35,38)/b9-5+. The van der Waals surface area contributed by atoms with Gasteiger partial charge in [-0.2, -0.15) is 0 Å². The van der Waals surface area contributed by atoms with E-state index in [4.69, 9.17) is 21.1 Å². The van der Waals surface area contributed by atoms with Crippen molar-refractivity contribution >= 4 is 69.6 Å². The van der Waals surface area contributed by atoms with E-state index in [0.717, 1.165) is 15.8 Å². The number of carbonyl (C=O) groups is 3. The number of aliphatic hydroxyl groups excluding tert-OH is 1. The van der Waals surface area contributed by atoms with Crippen LogP contribution in [0.4, 0.5) is 11.5 Å². The SMILES string of the molecule is CCOC(=O)/C=C/c1ccc(NC(=O)C2CCN(CC(O)c3nc4c(cc3Cl)SCC(=O)N4)CC2)c2nc(OC)ccc12. The number of carbonyl (C=O) groups excluding carboxylic acids is 3. The van der Waals surface area contributed by atoms with Gasteiger partial charge < -0.3 is 30.1 Å².